The third-order valence-electron chi connectivity index (χ3n) is 8.53. The van der Waals surface area contributed by atoms with Crippen molar-refractivity contribution in [1.29, 1.82) is 0 Å². The fraction of sp³-hybridized carbons (Fsp3) is 0.355. The number of aliphatic hydroxyl groups is 1. The van der Waals surface area contributed by atoms with Gasteiger partial charge in [-0.05, 0) is 89.0 Å². The summed E-state index contributed by atoms with van der Waals surface area (Å²) < 4.78 is 7.61. The maximum atomic E-state index is 14.4. The number of anilines is 1. The fourth-order valence-electron chi connectivity index (χ4n) is 6.69. The third kappa shape index (κ3) is 5.33. The zero-order valence-electron chi connectivity index (χ0n) is 22.2. The largest absolute Gasteiger partial charge is 0.490 e. The monoisotopic (exact) mass is 705 g/mol. The van der Waals surface area contributed by atoms with E-state index in [9.17, 15) is 14.7 Å². The van der Waals surface area contributed by atoms with Gasteiger partial charge in [-0.2, -0.15) is 0 Å². The topological polar surface area (TPSA) is 90.9 Å². The maximum Gasteiger partial charge on any atom is 0.238 e. The minimum atomic E-state index is -1.18. The number of β-amino-alcohol motifs (C(OH)–C–C–N with tert-alkyl or cyclic N) is 1. The summed E-state index contributed by atoms with van der Waals surface area (Å²) in [6.45, 7) is 2.46. The molecule has 3 aromatic carbocycles. The number of benzene rings is 3. The number of amides is 2. The molecule has 0 bridgehead atoms. The molecule has 0 saturated carbocycles. The van der Waals surface area contributed by atoms with Crippen LogP contribution >= 0.6 is 45.8 Å². The summed E-state index contributed by atoms with van der Waals surface area (Å²) >= 11 is 15.0. The minimum Gasteiger partial charge on any atom is -0.490 e. The first kappa shape index (κ1) is 28.7. The standard InChI is InChI=1S/C31H30Cl2IN3O4/c32-19-3-1-2-18(14-19)25-17-28(39)36-29(31(25)24-6-4-20(33)15-26(24)35-30(31)40)23-16-21(34)5-7-27(23)41-22-8-10-37(11-9-22)12-13-38/h1-7,14-16,22,25,29,38H,8-13,17H2,(H,35,40)(H,36,39)/t25-,29+,31-/m0/s1. The molecule has 1 spiro atoms. The Hall–Kier alpha value is -2.37. The van der Waals surface area contributed by atoms with Crippen LogP contribution in [0.1, 0.15) is 47.9 Å². The van der Waals surface area contributed by atoms with E-state index < -0.39 is 17.4 Å². The molecule has 2 saturated heterocycles. The van der Waals surface area contributed by atoms with Crippen molar-refractivity contribution in [2.75, 3.05) is 31.6 Å². The first-order valence-electron chi connectivity index (χ1n) is 13.7. The first-order valence-corrected chi connectivity index (χ1v) is 15.6. The summed E-state index contributed by atoms with van der Waals surface area (Å²) in [4.78, 5) is 30.0. The van der Waals surface area contributed by atoms with Gasteiger partial charge in [0.2, 0.25) is 11.8 Å². The first-order chi connectivity index (χ1) is 19.8. The van der Waals surface area contributed by atoms with Crippen molar-refractivity contribution < 1.29 is 19.4 Å². The molecule has 3 atom stereocenters. The summed E-state index contributed by atoms with van der Waals surface area (Å²) in [5.41, 5.74) is 1.82. The highest BCUT2D eigenvalue weighted by Crippen LogP contribution is 2.58. The van der Waals surface area contributed by atoms with E-state index in [1.165, 1.54) is 0 Å². The Morgan fingerprint density at radius 3 is 2.56 bits per heavy atom. The van der Waals surface area contributed by atoms with Gasteiger partial charge in [0.25, 0.3) is 0 Å². The highest BCUT2D eigenvalue weighted by Gasteiger charge is 2.61. The molecular formula is C31H30Cl2IN3O4. The molecule has 41 heavy (non-hydrogen) atoms. The van der Waals surface area contributed by atoms with Crippen LogP contribution in [0.15, 0.2) is 60.7 Å². The molecule has 3 aliphatic rings. The van der Waals surface area contributed by atoms with E-state index in [-0.39, 0.29) is 30.9 Å². The number of ether oxygens (including phenoxy) is 1. The van der Waals surface area contributed by atoms with Crippen LogP contribution < -0.4 is 15.4 Å². The van der Waals surface area contributed by atoms with Gasteiger partial charge in [0.1, 0.15) is 17.3 Å². The maximum absolute atomic E-state index is 14.4. The molecule has 6 rings (SSSR count). The van der Waals surface area contributed by atoms with Crippen LogP contribution in [-0.4, -0.2) is 54.2 Å². The van der Waals surface area contributed by atoms with Gasteiger partial charge in [0.15, 0.2) is 0 Å². The van der Waals surface area contributed by atoms with Crippen LogP contribution in [0, 0.1) is 3.57 Å². The average molecular weight is 706 g/mol. The van der Waals surface area contributed by atoms with Crippen molar-refractivity contribution in [2.45, 2.75) is 42.7 Å². The minimum absolute atomic E-state index is 0.0220. The second kappa shape index (κ2) is 11.7. The van der Waals surface area contributed by atoms with E-state index in [0.29, 0.717) is 28.0 Å². The fourth-order valence-corrected chi connectivity index (χ4v) is 7.58. The van der Waals surface area contributed by atoms with E-state index in [1.807, 2.05) is 42.5 Å². The number of likely N-dealkylation sites (tertiary alicyclic amines) is 1. The van der Waals surface area contributed by atoms with Gasteiger partial charge in [0, 0.05) is 56.8 Å². The number of halogens is 3. The molecule has 10 heteroatoms. The number of fused-ring (bicyclic) bond motifs is 2. The Morgan fingerprint density at radius 2 is 1.80 bits per heavy atom. The van der Waals surface area contributed by atoms with E-state index in [0.717, 1.165) is 46.2 Å². The number of nitrogens with one attached hydrogen (secondary N) is 2. The molecule has 214 valence electrons. The number of rotatable bonds is 6. The summed E-state index contributed by atoms with van der Waals surface area (Å²) in [6.07, 6.45) is 1.74. The van der Waals surface area contributed by atoms with Gasteiger partial charge in [-0.25, -0.2) is 0 Å². The third-order valence-corrected chi connectivity index (χ3v) is 9.67. The van der Waals surface area contributed by atoms with Gasteiger partial charge in [-0.15, -0.1) is 0 Å². The Labute approximate surface area is 262 Å². The zero-order valence-corrected chi connectivity index (χ0v) is 25.9. The molecule has 0 aliphatic carbocycles. The number of carbonyl (C=O) groups is 2. The van der Waals surface area contributed by atoms with Crippen LogP contribution in [0.25, 0.3) is 0 Å². The molecule has 0 radical (unpaired) electrons. The molecular weight excluding hydrogens is 676 g/mol. The Kier molecular flexibility index (Phi) is 8.22. The van der Waals surface area contributed by atoms with Gasteiger partial charge in [-0.3, -0.25) is 9.59 Å². The summed E-state index contributed by atoms with van der Waals surface area (Å²) in [5.74, 6) is -0.192. The average Bonchev–Trinajstić information content (AvgIpc) is 3.23. The van der Waals surface area contributed by atoms with E-state index in [4.69, 9.17) is 27.9 Å². The van der Waals surface area contributed by atoms with Crippen molar-refractivity contribution >= 4 is 63.3 Å². The Bertz CT molecular complexity index is 1500. The van der Waals surface area contributed by atoms with Gasteiger partial charge >= 0.3 is 0 Å². The number of hydrogen-bond donors (Lipinski definition) is 3. The van der Waals surface area contributed by atoms with Crippen molar-refractivity contribution in [2.24, 2.45) is 0 Å². The second-order valence-electron chi connectivity index (χ2n) is 10.9. The van der Waals surface area contributed by atoms with Crippen LogP contribution in [0.2, 0.25) is 10.0 Å². The number of piperidine rings is 2. The van der Waals surface area contributed by atoms with Crippen LogP contribution in [-0.2, 0) is 15.0 Å². The molecule has 3 N–H and O–H groups in total. The molecule has 3 aromatic rings. The lowest BCUT2D eigenvalue weighted by molar-refractivity contribution is -0.131. The van der Waals surface area contributed by atoms with Gasteiger partial charge < -0.3 is 25.4 Å². The molecule has 0 aromatic heterocycles. The summed E-state index contributed by atoms with van der Waals surface area (Å²) in [5, 5.41) is 16.7. The molecule has 2 fully saturated rings. The number of carbonyl (C=O) groups excluding carboxylic acids is 2. The van der Waals surface area contributed by atoms with Crippen molar-refractivity contribution in [3.63, 3.8) is 0 Å². The summed E-state index contributed by atoms with van der Waals surface area (Å²) in [6, 6.07) is 18.1. The normalized spacial score (nSPS) is 24.7. The quantitative estimate of drug-likeness (QED) is 0.288. The van der Waals surface area contributed by atoms with E-state index in [1.54, 1.807) is 18.2 Å². The Balaban J connectivity index is 1.49. The van der Waals surface area contributed by atoms with Gasteiger partial charge in [-0.1, -0.05) is 41.4 Å². The van der Waals surface area contributed by atoms with E-state index >= 15 is 0 Å². The zero-order chi connectivity index (χ0) is 28.7. The highest BCUT2D eigenvalue weighted by molar-refractivity contribution is 14.1. The molecule has 7 nitrogen and oxygen atoms in total. The number of hydrogen-bond acceptors (Lipinski definition) is 5. The van der Waals surface area contributed by atoms with Crippen molar-refractivity contribution in [3.8, 4) is 5.75 Å². The van der Waals surface area contributed by atoms with Crippen molar-refractivity contribution in [1.82, 2.24) is 10.2 Å². The van der Waals surface area contributed by atoms with Crippen LogP contribution in [0.4, 0.5) is 5.69 Å². The highest BCUT2D eigenvalue weighted by atomic mass is 127. The number of aliphatic hydroxyl groups excluding tert-OH is 1. The van der Waals surface area contributed by atoms with Crippen LogP contribution in [0.3, 0.4) is 0 Å². The predicted molar refractivity (Wildman–Crippen MR) is 168 cm³/mol. The molecule has 3 aliphatic heterocycles. The molecule has 2 amide bonds. The summed E-state index contributed by atoms with van der Waals surface area (Å²) in [7, 11) is 0. The molecule has 0 unspecified atom stereocenters. The predicted octanol–water partition coefficient (Wildman–Crippen LogP) is 5.67. The van der Waals surface area contributed by atoms with Crippen LogP contribution in [0.5, 0.6) is 5.75 Å². The molecule has 3 heterocycles. The smallest absolute Gasteiger partial charge is 0.238 e. The van der Waals surface area contributed by atoms with Crippen molar-refractivity contribution in [3.05, 3.63) is 91.0 Å². The number of nitrogens with zero attached hydrogens (tertiary/aromatic N) is 1. The Morgan fingerprint density at radius 1 is 1.02 bits per heavy atom. The lowest BCUT2D eigenvalue weighted by atomic mass is 9.59. The lowest BCUT2D eigenvalue weighted by Crippen LogP contribution is -2.57. The van der Waals surface area contributed by atoms with E-state index in [2.05, 4.69) is 38.1 Å². The lowest BCUT2D eigenvalue weighted by Gasteiger charge is -2.47. The SMILES string of the molecule is O=C1C[C@@H](c2cccc(Cl)c2)[C@]2(C(=O)Nc3cc(Cl)ccc32)[C@@H](c2cc(I)ccc2OC2CCN(CCO)CC2)N1. The second-order valence-corrected chi connectivity index (χ2v) is 13.0. The van der Waals surface area contributed by atoms with Gasteiger partial charge in [0.05, 0.1) is 12.6 Å².